The Balaban J connectivity index is 2.29. The molecule has 6 nitrogen and oxygen atoms in total. The van der Waals surface area contributed by atoms with Crippen molar-refractivity contribution in [2.75, 3.05) is 6.61 Å². The highest BCUT2D eigenvalue weighted by molar-refractivity contribution is 6.35. The van der Waals surface area contributed by atoms with Gasteiger partial charge in [-0.25, -0.2) is 4.79 Å². The number of allylic oxidation sites excluding steroid dienone is 2. The Bertz CT molecular complexity index is 385. The number of rotatable bonds is 2. The second-order valence-electron chi connectivity index (χ2n) is 3.71. The molecule has 1 unspecified atom stereocenters. The smallest absolute Gasteiger partial charge is 0.405 e. The summed E-state index contributed by atoms with van der Waals surface area (Å²) in [6.07, 6.45) is 1.82. The second kappa shape index (κ2) is 4.03. The molecule has 0 saturated carbocycles. The number of carbonyl (C=O) groups excluding carboxylic acids is 1. The molecule has 0 aromatic rings. The average molecular weight is 227 g/mol. The Labute approximate surface area is 92.3 Å². The van der Waals surface area contributed by atoms with Gasteiger partial charge < -0.3 is 14.7 Å². The maximum atomic E-state index is 11.5. The van der Waals surface area contributed by atoms with E-state index in [1.165, 1.54) is 0 Å². The number of aliphatic hydroxyl groups excluding tert-OH is 1. The van der Waals surface area contributed by atoms with Crippen LogP contribution in [-0.2, 0) is 14.4 Å². The van der Waals surface area contributed by atoms with Gasteiger partial charge in [0.2, 0.25) is 0 Å². The number of carbonyl (C=O) groups is 1. The lowest BCUT2D eigenvalue weighted by Crippen LogP contribution is -2.29. The van der Waals surface area contributed by atoms with Crippen molar-refractivity contribution in [2.45, 2.75) is 26.2 Å². The summed E-state index contributed by atoms with van der Waals surface area (Å²) in [7, 11) is 0. The number of esters is 1. The highest BCUT2D eigenvalue weighted by atomic mass is 16.9. The van der Waals surface area contributed by atoms with Gasteiger partial charge >= 0.3 is 11.7 Å². The summed E-state index contributed by atoms with van der Waals surface area (Å²) < 4.78 is 4.78. The molecule has 2 rings (SSSR count). The lowest BCUT2D eigenvalue weighted by atomic mass is 9.89. The maximum absolute atomic E-state index is 11.5. The third kappa shape index (κ3) is 1.60. The minimum atomic E-state index is -0.674. The van der Waals surface area contributed by atoms with Crippen LogP contribution in [0.5, 0.6) is 0 Å². The Morgan fingerprint density at radius 3 is 3.19 bits per heavy atom. The lowest BCUT2D eigenvalue weighted by Gasteiger charge is -2.17. The SMILES string of the molecule is CCOC(=O)C1=[N+]([O-])OC2=C(O)CCCC21. The van der Waals surface area contributed by atoms with Crippen molar-refractivity contribution < 1.29 is 24.4 Å². The van der Waals surface area contributed by atoms with E-state index in [0.29, 0.717) is 12.8 Å². The fourth-order valence-corrected chi connectivity index (χ4v) is 1.99. The summed E-state index contributed by atoms with van der Waals surface area (Å²) >= 11 is 0. The molecule has 88 valence electrons. The predicted octanol–water partition coefficient (Wildman–Crippen LogP) is 1.02. The summed E-state index contributed by atoms with van der Waals surface area (Å²) in [6.45, 7) is 1.87. The van der Waals surface area contributed by atoms with E-state index in [0.717, 1.165) is 6.42 Å². The first-order valence-corrected chi connectivity index (χ1v) is 5.26. The summed E-state index contributed by atoms with van der Waals surface area (Å²) in [5.74, 6) is -0.877. The van der Waals surface area contributed by atoms with Gasteiger partial charge in [-0.15, -0.1) is 0 Å². The molecular weight excluding hydrogens is 214 g/mol. The van der Waals surface area contributed by atoms with Crippen molar-refractivity contribution in [1.82, 2.24) is 0 Å². The average Bonchev–Trinajstić information content (AvgIpc) is 2.56. The van der Waals surface area contributed by atoms with Gasteiger partial charge in [0.15, 0.2) is 0 Å². The maximum Gasteiger partial charge on any atom is 0.405 e. The van der Waals surface area contributed by atoms with Crippen LogP contribution in [0.15, 0.2) is 11.5 Å². The molecule has 0 fully saturated rings. The van der Waals surface area contributed by atoms with Gasteiger partial charge in [0, 0.05) is 6.42 Å². The van der Waals surface area contributed by atoms with E-state index in [2.05, 4.69) is 0 Å². The van der Waals surface area contributed by atoms with E-state index in [1.807, 2.05) is 0 Å². The van der Waals surface area contributed by atoms with Crippen molar-refractivity contribution in [3.63, 3.8) is 0 Å². The van der Waals surface area contributed by atoms with Crippen LogP contribution < -0.4 is 0 Å². The van der Waals surface area contributed by atoms with Crippen molar-refractivity contribution in [1.29, 1.82) is 0 Å². The minimum Gasteiger partial charge on any atom is -0.511 e. The molecule has 0 saturated heterocycles. The molecule has 1 N–H and O–H groups in total. The summed E-state index contributed by atoms with van der Waals surface area (Å²) in [6, 6.07) is 0. The van der Waals surface area contributed by atoms with Crippen LogP contribution in [0.2, 0.25) is 0 Å². The largest absolute Gasteiger partial charge is 0.511 e. The standard InChI is InChI=1S/C10H13NO5/c1-2-15-10(13)8-6-4-3-5-7(12)9(6)16-11(8)14/h6,12H,2-5H2,1H3. The second-order valence-corrected chi connectivity index (χ2v) is 3.71. The van der Waals surface area contributed by atoms with Crippen LogP contribution in [0.3, 0.4) is 0 Å². The van der Waals surface area contributed by atoms with Crippen LogP contribution in [0, 0.1) is 11.1 Å². The van der Waals surface area contributed by atoms with Crippen molar-refractivity contribution in [2.24, 2.45) is 5.92 Å². The van der Waals surface area contributed by atoms with Crippen LogP contribution >= 0.6 is 0 Å². The van der Waals surface area contributed by atoms with Crippen LogP contribution in [0.25, 0.3) is 0 Å². The molecule has 0 aromatic heterocycles. The molecule has 0 spiro atoms. The molecule has 1 atom stereocenters. The molecule has 2 aliphatic rings. The van der Waals surface area contributed by atoms with Crippen LogP contribution in [0.4, 0.5) is 0 Å². The van der Waals surface area contributed by atoms with Crippen molar-refractivity contribution in [3.8, 4) is 0 Å². The van der Waals surface area contributed by atoms with Gasteiger partial charge in [-0.2, -0.15) is 0 Å². The van der Waals surface area contributed by atoms with Crippen LogP contribution in [-0.4, -0.2) is 28.3 Å². The summed E-state index contributed by atoms with van der Waals surface area (Å²) in [4.78, 5) is 16.5. The third-order valence-electron chi connectivity index (χ3n) is 2.70. The van der Waals surface area contributed by atoms with E-state index in [1.54, 1.807) is 6.92 Å². The molecule has 1 aliphatic carbocycles. The number of fused-ring (bicyclic) bond motifs is 1. The van der Waals surface area contributed by atoms with Gasteiger partial charge in [-0.1, -0.05) is 0 Å². The van der Waals surface area contributed by atoms with E-state index in [-0.39, 0.29) is 28.7 Å². The molecule has 1 heterocycles. The number of aliphatic hydroxyl groups is 1. The zero-order chi connectivity index (χ0) is 11.7. The van der Waals surface area contributed by atoms with Gasteiger partial charge in [0.25, 0.3) is 0 Å². The van der Waals surface area contributed by atoms with Crippen LogP contribution in [0.1, 0.15) is 26.2 Å². The zero-order valence-electron chi connectivity index (χ0n) is 8.93. The third-order valence-corrected chi connectivity index (χ3v) is 2.70. The highest BCUT2D eigenvalue weighted by Gasteiger charge is 2.44. The van der Waals surface area contributed by atoms with E-state index in [4.69, 9.17) is 9.57 Å². The molecule has 1 aliphatic heterocycles. The van der Waals surface area contributed by atoms with Gasteiger partial charge in [-0.3, -0.25) is 5.21 Å². The molecule has 0 bridgehead atoms. The fourth-order valence-electron chi connectivity index (χ4n) is 1.99. The first-order valence-electron chi connectivity index (χ1n) is 5.26. The van der Waals surface area contributed by atoms with Crippen molar-refractivity contribution in [3.05, 3.63) is 16.7 Å². The van der Waals surface area contributed by atoms with E-state index in [9.17, 15) is 15.1 Å². The molecule has 0 radical (unpaired) electrons. The lowest BCUT2D eigenvalue weighted by molar-refractivity contribution is -0.717. The Morgan fingerprint density at radius 1 is 1.75 bits per heavy atom. The molecule has 16 heavy (non-hydrogen) atoms. The van der Waals surface area contributed by atoms with Crippen molar-refractivity contribution >= 4 is 11.7 Å². The van der Waals surface area contributed by atoms with E-state index < -0.39 is 11.9 Å². The molecule has 0 amide bonds. The number of hydrogen-bond acceptors (Lipinski definition) is 5. The topological polar surface area (TPSA) is 81.8 Å². The highest BCUT2D eigenvalue weighted by Crippen LogP contribution is 2.34. The summed E-state index contributed by atoms with van der Waals surface area (Å²) in [5.41, 5.74) is -0.0666. The van der Waals surface area contributed by atoms with E-state index >= 15 is 0 Å². The molecule has 0 aromatic carbocycles. The minimum absolute atomic E-state index is 0.0522. The van der Waals surface area contributed by atoms with Gasteiger partial charge in [-0.05, 0) is 19.8 Å². The van der Waals surface area contributed by atoms with Gasteiger partial charge in [0.1, 0.15) is 11.5 Å². The molecular formula is C10H13NO5. The zero-order valence-corrected chi connectivity index (χ0v) is 8.93. The first-order chi connectivity index (χ1) is 7.65. The summed E-state index contributed by atoms with van der Waals surface area (Å²) in [5, 5.41) is 21.0. The fraction of sp³-hybridized carbons (Fsp3) is 0.600. The number of nitrogens with zero attached hydrogens (tertiary/aromatic N) is 1. The number of hydrogen-bond donors (Lipinski definition) is 1. The Kier molecular flexibility index (Phi) is 2.72. The Morgan fingerprint density at radius 2 is 2.50 bits per heavy atom. The Hall–Kier alpha value is -1.72. The number of ether oxygens (including phenoxy) is 1. The quantitative estimate of drug-likeness (QED) is 0.562. The monoisotopic (exact) mass is 227 g/mol. The normalized spacial score (nSPS) is 24.2. The predicted molar refractivity (Wildman–Crippen MR) is 53.3 cm³/mol. The van der Waals surface area contributed by atoms with Gasteiger partial charge in [0.05, 0.1) is 17.4 Å². The molecule has 6 heteroatoms. The first kappa shape index (κ1) is 10.8.